The van der Waals surface area contributed by atoms with Crippen molar-refractivity contribution in [2.75, 3.05) is 91.5 Å². The van der Waals surface area contributed by atoms with Crippen LogP contribution in [0.2, 0.25) is 0 Å². The predicted octanol–water partition coefficient (Wildman–Crippen LogP) is 5.22. The quantitative estimate of drug-likeness (QED) is 0.159. The lowest BCUT2D eigenvalue weighted by molar-refractivity contribution is 0.0231. The maximum atomic E-state index is 17.3. The number of carbonyl (C=O) groups excluding carboxylic acids is 1. The fourth-order valence-electron chi connectivity index (χ4n) is 7.37. The molecule has 4 aromatic rings. The maximum absolute atomic E-state index is 17.3. The summed E-state index contributed by atoms with van der Waals surface area (Å²) < 4.78 is 60.9. The third-order valence-corrected chi connectivity index (χ3v) is 10.3. The number of rotatable bonds is 11. The molecule has 2 aromatic heterocycles. The topological polar surface area (TPSA) is 124 Å². The molecular weight excluding hydrogens is 724 g/mol. The van der Waals surface area contributed by atoms with Gasteiger partial charge < -0.3 is 38.8 Å². The molecule has 1 saturated carbocycles. The molecule has 3 fully saturated rings. The highest BCUT2D eigenvalue weighted by Crippen LogP contribution is 2.47. The number of terminal acetylenes is 1. The summed E-state index contributed by atoms with van der Waals surface area (Å²) in [5, 5.41) is 4.18. The molecule has 15 heteroatoms. The summed E-state index contributed by atoms with van der Waals surface area (Å²) in [4.78, 5) is 33.6. The first kappa shape index (κ1) is 39.4. The number of likely N-dealkylation sites (N-methyl/N-ethyl adjacent to an activating group) is 1. The Morgan fingerprint density at radius 2 is 1.88 bits per heavy atom. The number of anilines is 1. The number of hydrogen-bond donors (Lipinski definition) is 1. The monoisotopic (exact) mass is 773 g/mol. The summed E-state index contributed by atoms with van der Waals surface area (Å²) in [6, 6.07) is 5.74. The number of methoxy groups -OCH3 is 1. The Balaban J connectivity index is 1.32. The molecule has 3 aliphatic rings. The highest BCUT2D eigenvalue weighted by atomic mass is 19.1. The number of benzene rings is 2. The first-order valence-electron chi connectivity index (χ1n) is 18.9. The number of nitrogens with zero attached hydrogens (tertiary/aromatic N) is 6. The molecule has 2 aliphatic heterocycles. The molecule has 0 bridgehead atoms. The third kappa shape index (κ3) is 8.89. The zero-order chi connectivity index (χ0) is 39.6. The Morgan fingerprint density at radius 3 is 2.59 bits per heavy atom. The van der Waals surface area contributed by atoms with Crippen molar-refractivity contribution in [3.05, 3.63) is 47.7 Å². The number of hydrogen-bond acceptors (Lipinski definition) is 12. The van der Waals surface area contributed by atoms with Gasteiger partial charge in [0, 0.05) is 75.5 Å². The van der Waals surface area contributed by atoms with Crippen LogP contribution in [-0.2, 0) is 14.2 Å². The molecule has 1 N–H and O–H groups in total. The number of fused-ring (bicyclic) bond motifs is 2. The third-order valence-electron chi connectivity index (χ3n) is 10.3. The fraction of sp³-hybridized carbons (Fsp3) is 0.512. The van der Waals surface area contributed by atoms with Gasteiger partial charge in [-0.1, -0.05) is 12.0 Å². The Bertz CT molecular complexity index is 2130. The molecule has 2 saturated heterocycles. The van der Waals surface area contributed by atoms with Gasteiger partial charge in [-0.05, 0) is 64.2 Å². The molecule has 56 heavy (non-hydrogen) atoms. The number of nitrogens with one attached hydrogen (secondary N) is 1. The lowest BCUT2D eigenvalue weighted by atomic mass is 9.95. The predicted molar refractivity (Wildman–Crippen MR) is 208 cm³/mol. The van der Waals surface area contributed by atoms with Crippen molar-refractivity contribution in [3.8, 4) is 35.4 Å². The van der Waals surface area contributed by atoms with E-state index in [1.54, 1.807) is 18.2 Å². The molecule has 298 valence electrons. The van der Waals surface area contributed by atoms with E-state index in [2.05, 4.69) is 31.0 Å². The van der Waals surface area contributed by atoms with Crippen molar-refractivity contribution in [1.82, 2.24) is 30.1 Å². The van der Waals surface area contributed by atoms with E-state index in [0.29, 0.717) is 73.7 Å². The van der Waals surface area contributed by atoms with Gasteiger partial charge in [-0.2, -0.15) is 9.97 Å². The van der Waals surface area contributed by atoms with Crippen LogP contribution in [0.25, 0.3) is 32.9 Å². The van der Waals surface area contributed by atoms with Crippen LogP contribution in [0.3, 0.4) is 0 Å². The second-order valence-corrected chi connectivity index (χ2v) is 15.9. The lowest BCUT2D eigenvalue weighted by Gasteiger charge is -2.30. The van der Waals surface area contributed by atoms with Gasteiger partial charge in [0.25, 0.3) is 0 Å². The number of carbonyl (C=O) groups is 1. The van der Waals surface area contributed by atoms with E-state index in [0.717, 1.165) is 32.5 Å². The van der Waals surface area contributed by atoms with E-state index >= 15 is 8.78 Å². The molecule has 13 nitrogen and oxygen atoms in total. The molecule has 2 aromatic carbocycles. The van der Waals surface area contributed by atoms with Crippen LogP contribution in [0, 0.1) is 29.4 Å². The molecule has 7 rings (SSSR count). The summed E-state index contributed by atoms with van der Waals surface area (Å²) in [6.45, 7) is 11.7. The first-order valence-corrected chi connectivity index (χ1v) is 18.9. The van der Waals surface area contributed by atoms with Crippen LogP contribution in [0.5, 0.6) is 11.8 Å². The number of ether oxygens (including phenoxy) is 5. The molecule has 0 unspecified atom stereocenters. The van der Waals surface area contributed by atoms with E-state index in [-0.39, 0.29) is 46.6 Å². The number of pyridine rings is 1. The average molecular weight is 774 g/mol. The van der Waals surface area contributed by atoms with E-state index in [1.807, 2.05) is 32.7 Å². The van der Waals surface area contributed by atoms with Gasteiger partial charge in [-0.15, -0.1) is 6.42 Å². The fourth-order valence-corrected chi connectivity index (χ4v) is 7.37. The smallest absolute Gasteiger partial charge is 0.407 e. The van der Waals surface area contributed by atoms with Gasteiger partial charge in [0.2, 0.25) is 0 Å². The maximum Gasteiger partial charge on any atom is 0.407 e. The van der Waals surface area contributed by atoms with Crippen LogP contribution in [0.4, 0.5) is 19.4 Å². The van der Waals surface area contributed by atoms with Gasteiger partial charge in [0.15, 0.2) is 12.6 Å². The van der Waals surface area contributed by atoms with Crippen LogP contribution in [0.1, 0.15) is 39.2 Å². The van der Waals surface area contributed by atoms with Crippen molar-refractivity contribution in [2.45, 2.75) is 45.3 Å². The van der Waals surface area contributed by atoms with E-state index in [4.69, 9.17) is 35.1 Å². The van der Waals surface area contributed by atoms with Gasteiger partial charge in [-0.3, -0.25) is 9.88 Å². The highest BCUT2D eigenvalue weighted by Gasteiger charge is 2.45. The number of morpholine rings is 1. The molecule has 1 atom stereocenters. The minimum absolute atomic E-state index is 0.0171. The summed E-state index contributed by atoms with van der Waals surface area (Å²) in [5.41, 5.74) is -0.681. The van der Waals surface area contributed by atoms with Gasteiger partial charge in [0.05, 0.1) is 36.8 Å². The average Bonchev–Trinajstić information content (AvgIpc) is 3.95. The Morgan fingerprint density at radius 1 is 1.09 bits per heavy atom. The summed E-state index contributed by atoms with van der Waals surface area (Å²) in [5.74, 6) is 1.81. The molecule has 0 radical (unpaired) electrons. The number of alkyl carbamates (subject to hydrolysis) is 1. The summed E-state index contributed by atoms with van der Waals surface area (Å²) >= 11 is 0. The largest absolute Gasteiger partial charge is 0.468 e. The summed E-state index contributed by atoms with van der Waals surface area (Å²) in [7, 11) is 3.46. The van der Waals surface area contributed by atoms with Crippen molar-refractivity contribution in [1.29, 1.82) is 0 Å². The SMILES string of the molecule is C#Cc1c(F)ccc2cc(OCOC)cc(-c3ncc4c(N5CCN(C)C[C@H](NC(=O)OC(C)(C)C)C5)nc(OCC5(CN6CCOCC6)CC5)nc4c3F)c12. The van der Waals surface area contributed by atoms with Gasteiger partial charge in [-0.25, -0.2) is 13.6 Å². The zero-order valence-corrected chi connectivity index (χ0v) is 32.6. The van der Waals surface area contributed by atoms with Crippen LogP contribution < -0.4 is 19.7 Å². The number of amides is 1. The normalized spacial score (nSPS) is 19.0. The van der Waals surface area contributed by atoms with Gasteiger partial charge in [0.1, 0.15) is 34.2 Å². The van der Waals surface area contributed by atoms with Crippen molar-refractivity contribution < 1.29 is 37.3 Å². The van der Waals surface area contributed by atoms with E-state index in [1.165, 1.54) is 19.4 Å². The zero-order valence-electron chi connectivity index (χ0n) is 32.6. The Kier molecular flexibility index (Phi) is 11.5. The second kappa shape index (κ2) is 16.3. The minimum Gasteiger partial charge on any atom is -0.468 e. The van der Waals surface area contributed by atoms with Crippen molar-refractivity contribution in [3.63, 3.8) is 0 Å². The molecule has 1 aliphatic carbocycles. The lowest BCUT2D eigenvalue weighted by Crippen LogP contribution is -2.48. The Labute approximate surface area is 325 Å². The first-order chi connectivity index (χ1) is 26.8. The van der Waals surface area contributed by atoms with Crippen LogP contribution in [0.15, 0.2) is 30.5 Å². The molecule has 0 spiro atoms. The van der Waals surface area contributed by atoms with E-state index < -0.39 is 23.3 Å². The van der Waals surface area contributed by atoms with E-state index in [9.17, 15) is 4.79 Å². The number of halogens is 2. The van der Waals surface area contributed by atoms with Crippen molar-refractivity contribution in [2.24, 2.45) is 5.41 Å². The number of aromatic nitrogens is 3. The second-order valence-electron chi connectivity index (χ2n) is 15.9. The summed E-state index contributed by atoms with van der Waals surface area (Å²) in [6.07, 6.45) is 8.78. The van der Waals surface area contributed by atoms with Gasteiger partial charge >= 0.3 is 12.1 Å². The Hall–Kier alpha value is -4.88. The van der Waals surface area contributed by atoms with Crippen molar-refractivity contribution >= 4 is 33.6 Å². The molecular formula is C41H49F2N7O6. The molecule has 4 heterocycles. The van der Waals surface area contributed by atoms with Crippen LogP contribution in [-0.4, -0.2) is 129 Å². The standard InChI is InChI=1S/C41H49F2N7O6/c1-7-29-32(42)9-8-26-18-28(55-25-52-6)19-30(33(26)29)35-34(43)36-31(20-44-35)37(50-13-12-48(5)21-27(22-50)45-39(51)56-40(2,3)4)47-38(46-36)54-24-41(10-11-41)23-49-14-16-53-17-15-49/h1,8-9,18-20,27H,10-17,21-25H2,2-6H3,(H,45,51)/t27-/m0/s1. The van der Waals surface area contributed by atoms with Crippen LogP contribution >= 0.6 is 0 Å². The highest BCUT2D eigenvalue weighted by molar-refractivity contribution is 6.03. The minimum atomic E-state index is -0.766. The molecule has 1 amide bonds.